The summed E-state index contributed by atoms with van der Waals surface area (Å²) in [4.78, 5) is 28.2. The van der Waals surface area contributed by atoms with E-state index in [4.69, 9.17) is 17.3 Å². The summed E-state index contributed by atoms with van der Waals surface area (Å²) in [6.45, 7) is 6.76. The second-order valence-corrected chi connectivity index (χ2v) is 9.48. The van der Waals surface area contributed by atoms with Gasteiger partial charge in [-0.1, -0.05) is 11.6 Å². The molecular weight excluding hydrogens is 466 g/mol. The predicted octanol–water partition coefficient (Wildman–Crippen LogP) is 2.58. The number of hydrogen-bond acceptors (Lipinski definition) is 8. The number of aromatic amines is 1. The van der Waals surface area contributed by atoms with E-state index in [9.17, 15) is 4.79 Å². The number of anilines is 3. The number of hydrogen-bond donors (Lipinski definition) is 3. The lowest BCUT2D eigenvalue weighted by Crippen LogP contribution is -2.52. The van der Waals surface area contributed by atoms with Gasteiger partial charge < -0.3 is 20.9 Å². The molecule has 2 aliphatic rings. The molecule has 5 rings (SSSR count). The van der Waals surface area contributed by atoms with E-state index in [2.05, 4.69) is 59.4 Å². The van der Waals surface area contributed by atoms with Crippen molar-refractivity contribution in [2.45, 2.75) is 18.9 Å². The number of carbonyl (C=O) groups is 1. The Bertz CT molecular complexity index is 1150. The van der Waals surface area contributed by atoms with Crippen LogP contribution >= 0.6 is 11.6 Å². The van der Waals surface area contributed by atoms with Crippen LogP contribution in [0.15, 0.2) is 36.5 Å². The quantitative estimate of drug-likeness (QED) is 0.477. The Kier molecular flexibility index (Phi) is 6.85. The van der Waals surface area contributed by atoms with Crippen LogP contribution in [0.2, 0.25) is 5.15 Å². The first-order chi connectivity index (χ1) is 17.0. The molecule has 0 aliphatic carbocycles. The molecule has 0 saturated carbocycles. The summed E-state index contributed by atoms with van der Waals surface area (Å²) in [7, 11) is 2.20. The molecule has 11 heteroatoms. The standard InChI is InChI=1S/C24H30ClN9O/c1-32-12-14-34(15-13-32)18-7-10-33(11-8-18)17-4-2-16(3-5-17)28-24-21(23(26)35)29-20(22(25)30-24)19-6-9-27-31-19/h2-6,9,18H,7-8,10-15H2,1H3,(H2,26,35)(H,27,31)(H,28,30). The average molecular weight is 496 g/mol. The normalized spacial score (nSPS) is 18.1. The molecule has 0 spiro atoms. The molecule has 10 nitrogen and oxygen atoms in total. The largest absolute Gasteiger partial charge is 0.371 e. The fourth-order valence-electron chi connectivity index (χ4n) is 4.80. The number of halogens is 1. The van der Waals surface area contributed by atoms with Gasteiger partial charge in [-0.15, -0.1) is 0 Å². The van der Waals surface area contributed by atoms with Crippen LogP contribution in [0.5, 0.6) is 0 Å². The Morgan fingerprint density at radius 3 is 2.40 bits per heavy atom. The molecule has 1 amide bonds. The first-order valence-electron chi connectivity index (χ1n) is 11.9. The Morgan fingerprint density at radius 1 is 1.06 bits per heavy atom. The number of nitrogens with zero attached hydrogens (tertiary/aromatic N) is 6. The molecule has 184 valence electrons. The van der Waals surface area contributed by atoms with E-state index >= 15 is 0 Å². The zero-order valence-electron chi connectivity index (χ0n) is 19.7. The minimum atomic E-state index is -0.697. The summed E-state index contributed by atoms with van der Waals surface area (Å²) in [5, 5.41) is 9.94. The van der Waals surface area contributed by atoms with Crippen LogP contribution in [0.1, 0.15) is 23.3 Å². The van der Waals surface area contributed by atoms with Gasteiger partial charge in [0.15, 0.2) is 16.7 Å². The van der Waals surface area contributed by atoms with Crippen LogP contribution < -0.4 is 16.0 Å². The highest BCUT2D eigenvalue weighted by Crippen LogP contribution is 2.29. The van der Waals surface area contributed by atoms with E-state index in [0.29, 0.717) is 17.4 Å². The first-order valence-corrected chi connectivity index (χ1v) is 12.3. The van der Waals surface area contributed by atoms with Crippen molar-refractivity contribution in [2.75, 3.05) is 56.5 Å². The van der Waals surface area contributed by atoms with Gasteiger partial charge in [-0.3, -0.25) is 14.8 Å². The number of piperazine rings is 1. The minimum Gasteiger partial charge on any atom is -0.371 e. The van der Waals surface area contributed by atoms with E-state index in [1.165, 1.54) is 31.6 Å². The first kappa shape index (κ1) is 23.5. The van der Waals surface area contributed by atoms with Crippen molar-refractivity contribution in [3.63, 3.8) is 0 Å². The van der Waals surface area contributed by atoms with E-state index in [1.54, 1.807) is 12.3 Å². The van der Waals surface area contributed by atoms with Crippen LogP contribution in [0.3, 0.4) is 0 Å². The molecular formula is C24H30ClN9O. The van der Waals surface area contributed by atoms with E-state index in [0.717, 1.165) is 31.9 Å². The number of nitrogens with one attached hydrogen (secondary N) is 2. The number of nitrogens with two attached hydrogens (primary N) is 1. The molecule has 2 fully saturated rings. The molecule has 0 unspecified atom stereocenters. The second kappa shape index (κ2) is 10.2. The van der Waals surface area contributed by atoms with Gasteiger partial charge in [-0.2, -0.15) is 5.10 Å². The van der Waals surface area contributed by atoms with Gasteiger partial charge in [-0.05, 0) is 50.2 Å². The van der Waals surface area contributed by atoms with Crippen LogP contribution in [-0.4, -0.2) is 88.2 Å². The molecule has 0 bridgehead atoms. The number of amides is 1. The van der Waals surface area contributed by atoms with Gasteiger partial charge >= 0.3 is 0 Å². The number of primary amides is 1. The zero-order valence-corrected chi connectivity index (χ0v) is 20.5. The molecule has 35 heavy (non-hydrogen) atoms. The van der Waals surface area contributed by atoms with Crippen molar-refractivity contribution in [1.29, 1.82) is 0 Å². The summed E-state index contributed by atoms with van der Waals surface area (Å²) in [5.41, 5.74) is 8.40. The molecule has 2 aromatic heterocycles. The second-order valence-electron chi connectivity index (χ2n) is 9.12. The van der Waals surface area contributed by atoms with Gasteiger partial charge in [0.25, 0.3) is 5.91 Å². The van der Waals surface area contributed by atoms with Crippen molar-refractivity contribution < 1.29 is 4.79 Å². The number of H-pyrrole nitrogens is 1. The van der Waals surface area contributed by atoms with Crippen LogP contribution in [0, 0.1) is 0 Å². The van der Waals surface area contributed by atoms with Crippen molar-refractivity contribution in [3.8, 4) is 11.4 Å². The number of rotatable bonds is 6. The summed E-state index contributed by atoms with van der Waals surface area (Å²) in [6, 6.07) is 10.5. The maximum Gasteiger partial charge on any atom is 0.271 e. The Morgan fingerprint density at radius 2 is 1.77 bits per heavy atom. The van der Waals surface area contributed by atoms with E-state index < -0.39 is 5.91 Å². The summed E-state index contributed by atoms with van der Waals surface area (Å²) in [5.74, 6) is -0.483. The lowest BCUT2D eigenvalue weighted by atomic mass is 10.0. The fourth-order valence-corrected chi connectivity index (χ4v) is 5.03. The van der Waals surface area contributed by atoms with Gasteiger partial charge in [0.1, 0.15) is 5.69 Å². The van der Waals surface area contributed by atoms with E-state index in [1.807, 2.05) is 12.1 Å². The van der Waals surface area contributed by atoms with Crippen LogP contribution in [0.25, 0.3) is 11.4 Å². The topological polar surface area (TPSA) is 119 Å². The Labute approximate surface area is 209 Å². The highest BCUT2D eigenvalue weighted by atomic mass is 35.5. The van der Waals surface area contributed by atoms with Crippen molar-refractivity contribution >= 4 is 34.7 Å². The van der Waals surface area contributed by atoms with Crippen LogP contribution in [0.4, 0.5) is 17.2 Å². The number of carbonyl (C=O) groups excluding carboxylic acids is 1. The third kappa shape index (κ3) is 5.24. The summed E-state index contributed by atoms with van der Waals surface area (Å²) in [6.07, 6.45) is 3.94. The van der Waals surface area contributed by atoms with Gasteiger partial charge in [0.05, 0.1) is 5.69 Å². The minimum absolute atomic E-state index is 0.00838. The lowest BCUT2D eigenvalue weighted by Gasteiger charge is -2.42. The predicted molar refractivity (Wildman–Crippen MR) is 137 cm³/mol. The number of aromatic nitrogens is 4. The smallest absolute Gasteiger partial charge is 0.271 e. The van der Waals surface area contributed by atoms with Gasteiger partial charge in [0, 0.05) is 62.9 Å². The summed E-state index contributed by atoms with van der Waals surface area (Å²) >= 11 is 6.34. The van der Waals surface area contributed by atoms with Crippen molar-refractivity contribution in [3.05, 3.63) is 47.4 Å². The molecule has 0 radical (unpaired) electrons. The number of benzene rings is 1. The third-order valence-corrected chi connectivity index (χ3v) is 7.12. The molecule has 4 heterocycles. The monoisotopic (exact) mass is 495 g/mol. The molecule has 0 atom stereocenters. The van der Waals surface area contributed by atoms with E-state index in [-0.39, 0.29) is 16.7 Å². The molecule has 4 N–H and O–H groups in total. The average Bonchev–Trinajstić information content (AvgIpc) is 3.40. The number of likely N-dealkylation sites (N-methyl/N-ethyl adjacent to an activating group) is 1. The van der Waals surface area contributed by atoms with Gasteiger partial charge in [-0.25, -0.2) is 9.97 Å². The molecule has 3 aromatic rings. The highest BCUT2D eigenvalue weighted by molar-refractivity contribution is 6.32. The Hall–Kier alpha value is -3.21. The van der Waals surface area contributed by atoms with Crippen molar-refractivity contribution in [2.24, 2.45) is 5.73 Å². The maximum absolute atomic E-state index is 12.1. The number of piperidine rings is 1. The third-order valence-electron chi connectivity index (χ3n) is 6.86. The fraction of sp³-hybridized carbons (Fsp3) is 0.417. The summed E-state index contributed by atoms with van der Waals surface area (Å²) < 4.78 is 0. The van der Waals surface area contributed by atoms with Crippen LogP contribution in [-0.2, 0) is 0 Å². The van der Waals surface area contributed by atoms with Gasteiger partial charge in [0.2, 0.25) is 0 Å². The Balaban J connectivity index is 1.24. The zero-order chi connectivity index (χ0) is 24.4. The molecule has 1 aromatic carbocycles. The SMILES string of the molecule is CN1CCN(C2CCN(c3ccc(Nc4nc(Cl)c(-c5ccn[nH]5)nc4C(N)=O)cc3)CC2)CC1. The lowest BCUT2D eigenvalue weighted by molar-refractivity contribution is 0.0982. The molecule has 2 aliphatic heterocycles. The van der Waals surface area contributed by atoms with Crippen molar-refractivity contribution in [1.82, 2.24) is 30.0 Å². The maximum atomic E-state index is 12.1. The molecule has 2 saturated heterocycles. The highest BCUT2D eigenvalue weighted by Gasteiger charge is 2.27.